The highest BCUT2D eigenvalue weighted by Gasteiger charge is 2.27. The maximum Gasteiger partial charge on any atom is 0.187 e. The average molecular weight is 329 g/mol. The van der Waals surface area contributed by atoms with Gasteiger partial charge in [-0.05, 0) is 37.4 Å². The van der Waals surface area contributed by atoms with Crippen molar-refractivity contribution in [3.8, 4) is 0 Å². The molecule has 0 unspecified atom stereocenters. The smallest absolute Gasteiger partial charge is 0.187 e. The monoisotopic (exact) mass is 329 g/mol. The highest BCUT2D eigenvalue weighted by molar-refractivity contribution is 5.42. The van der Waals surface area contributed by atoms with Gasteiger partial charge in [-0.25, -0.2) is 14.4 Å². The highest BCUT2D eigenvalue weighted by Crippen LogP contribution is 2.26. The number of nitrogens with zero attached hydrogens (tertiary/aromatic N) is 5. The highest BCUT2D eigenvalue weighted by atomic mass is 19.1. The van der Waals surface area contributed by atoms with Crippen molar-refractivity contribution in [1.29, 1.82) is 0 Å². The van der Waals surface area contributed by atoms with E-state index in [1.807, 2.05) is 19.2 Å². The Labute approximate surface area is 142 Å². The summed E-state index contributed by atoms with van der Waals surface area (Å²) >= 11 is 0. The zero-order valence-corrected chi connectivity index (χ0v) is 14.3. The molecule has 3 rings (SSSR count). The van der Waals surface area contributed by atoms with E-state index in [1.165, 1.54) is 11.9 Å². The molecule has 0 aromatic carbocycles. The third-order valence-corrected chi connectivity index (χ3v) is 4.51. The van der Waals surface area contributed by atoms with Crippen molar-refractivity contribution in [2.45, 2.75) is 26.3 Å². The fourth-order valence-corrected chi connectivity index (χ4v) is 3.35. The van der Waals surface area contributed by atoms with Crippen LogP contribution in [0.2, 0.25) is 0 Å². The van der Waals surface area contributed by atoms with Crippen LogP contribution in [0.4, 0.5) is 10.2 Å². The number of rotatable bonds is 6. The fraction of sp³-hybridized carbons (Fsp3) is 0.500. The second-order valence-electron chi connectivity index (χ2n) is 6.47. The average Bonchev–Trinajstić information content (AvgIpc) is 3.04. The summed E-state index contributed by atoms with van der Waals surface area (Å²) in [4.78, 5) is 16.7. The van der Waals surface area contributed by atoms with Gasteiger partial charge in [-0.2, -0.15) is 0 Å². The van der Waals surface area contributed by atoms with Crippen LogP contribution in [0.5, 0.6) is 0 Å². The van der Waals surface area contributed by atoms with Crippen LogP contribution in [0, 0.1) is 11.7 Å². The van der Waals surface area contributed by atoms with Crippen molar-refractivity contribution >= 4 is 5.82 Å². The Morgan fingerprint density at radius 3 is 3.00 bits per heavy atom. The van der Waals surface area contributed by atoms with Crippen molar-refractivity contribution in [3.63, 3.8) is 0 Å². The van der Waals surface area contributed by atoms with Crippen molar-refractivity contribution in [2.75, 3.05) is 31.6 Å². The SMILES string of the molecule is CCc1ncnc(N2CC[C@H](CN(C)Cc3cccnc3)C2)c1F. The molecule has 1 saturated heterocycles. The molecule has 1 atom stereocenters. The quantitative estimate of drug-likeness (QED) is 0.815. The summed E-state index contributed by atoms with van der Waals surface area (Å²) in [5, 5.41) is 0. The number of hydrogen-bond donors (Lipinski definition) is 0. The number of pyridine rings is 1. The fourth-order valence-electron chi connectivity index (χ4n) is 3.35. The summed E-state index contributed by atoms with van der Waals surface area (Å²) in [7, 11) is 2.12. The predicted octanol–water partition coefficient (Wildman–Crippen LogP) is 2.53. The number of aromatic nitrogens is 3. The van der Waals surface area contributed by atoms with Gasteiger partial charge >= 0.3 is 0 Å². The Hall–Kier alpha value is -2.08. The lowest BCUT2D eigenvalue weighted by Gasteiger charge is -2.22. The number of anilines is 1. The van der Waals surface area contributed by atoms with E-state index in [0.29, 0.717) is 23.9 Å². The molecule has 2 aromatic rings. The summed E-state index contributed by atoms with van der Waals surface area (Å²) in [6, 6.07) is 4.05. The molecule has 6 heteroatoms. The van der Waals surface area contributed by atoms with E-state index in [9.17, 15) is 4.39 Å². The Balaban J connectivity index is 1.57. The van der Waals surface area contributed by atoms with Crippen molar-refractivity contribution in [2.24, 2.45) is 5.92 Å². The van der Waals surface area contributed by atoms with Gasteiger partial charge in [0.2, 0.25) is 0 Å². The zero-order chi connectivity index (χ0) is 16.9. The van der Waals surface area contributed by atoms with Crippen LogP contribution in [0.15, 0.2) is 30.9 Å². The lowest BCUT2D eigenvalue weighted by molar-refractivity contribution is 0.279. The summed E-state index contributed by atoms with van der Waals surface area (Å²) in [6.07, 6.45) is 6.81. The molecule has 1 aliphatic heterocycles. The van der Waals surface area contributed by atoms with Gasteiger partial charge in [-0.1, -0.05) is 13.0 Å². The van der Waals surface area contributed by atoms with Gasteiger partial charge in [0.15, 0.2) is 11.6 Å². The van der Waals surface area contributed by atoms with Crippen LogP contribution in [0.1, 0.15) is 24.6 Å². The molecule has 1 fully saturated rings. The minimum Gasteiger partial charge on any atom is -0.354 e. The number of aryl methyl sites for hydroxylation is 1. The van der Waals surface area contributed by atoms with Gasteiger partial charge in [-0.3, -0.25) is 4.98 Å². The molecule has 1 aliphatic rings. The predicted molar refractivity (Wildman–Crippen MR) is 92.3 cm³/mol. The molecule has 128 valence electrons. The standard InChI is InChI=1S/C18H24FN5/c1-3-16-17(19)18(22-13-21-16)24-8-6-15(12-24)11-23(2)10-14-5-4-7-20-9-14/h4-5,7,9,13,15H,3,6,8,10-12H2,1-2H3/t15-/m1/s1. The van der Waals surface area contributed by atoms with E-state index in [1.54, 1.807) is 6.20 Å². The first-order valence-electron chi connectivity index (χ1n) is 8.49. The Kier molecular flexibility index (Phi) is 5.35. The first kappa shape index (κ1) is 16.8. The molecule has 24 heavy (non-hydrogen) atoms. The lowest BCUT2D eigenvalue weighted by atomic mass is 10.1. The lowest BCUT2D eigenvalue weighted by Crippen LogP contribution is -2.29. The number of hydrogen-bond acceptors (Lipinski definition) is 5. The van der Waals surface area contributed by atoms with E-state index in [4.69, 9.17) is 0 Å². The molecule has 2 aromatic heterocycles. The molecular formula is C18H24FN5. The molecule has 0 aliphatic carbocycles. The topological polar surface area (TPSA) is 45.2 Å². The Morgan fingerprint density at radius 2 is 2.25 bits per heavy atom. The van der Waals surface area contributed by atoms with Crippen LogP contribution in [0.25, 0.3) is 0 Å². The van der Waals surface area contributed by atoms with Gasteiger partial charge in [0.1, 0.15) is 6.33 Å². The van der Waals surface area contributed by atoms with Gasteiger partial charge < -0.3 is 9.80 Å². The first-order valence-corrected chi connectivity index (χ1v) is 8.49. The summed E-state index contributed by atoms with van der Waals surface area (Å²) in [6.45, 7) is 5.47. The van der Waals surface area contributed by atoms with Gasteiger partial charge in [0.25, 0.3) is 0 Å². The number of halogens is 1. The molecule has 3 heterocycles. The molecular weight excluding hydrogens is 305 g/mol. The second-order valence-corrected chi connectivity index (χ2v) is 6.47. The van der Waals surface area contributed by atoms with E-state index >= 15 is 0 Å². The normalized spacial score (nSPS) is 17.7. The van der Waals surface area contributed by atoms with Crippen molar-refractivity contribution in [1.82, 2.24) is 19.9 Å². The van der Waals surface area contributed by atoms with Crippen LogP contribution in [-0.4, -0.2) is 46.5 Å². The van der Waals surface area contributed by atoms with Crippen molar-refractivity contribution in [3.05, 3.63) is 47.9 Å². The molecule has 0 saturated carbocycles. The van der Waals surface area contributed by atoms with E-state index in [-0.39, 0.29) is 5.82 Å². The molecule has 0 radical (unpaired) electrons. The van der Waals surface area contributed by atoms with Crippen LogP contribution < -0.4 is 4.90 Å². The van der Waals surface area contributed by atoms with E-state index in [2.05, 4.69) is 37.9 Å². The molecule has 0 amide bonds. The summed E-state index contributed by atoms with van der Waals surface area (Å²) in [5.41, 5.74) is 1.71. The zero-order valence-electron chi connectivity index (χ0n) is 14.3. The molecule has 0 bridgehead atoms. The minimum atomic E-state index is -0.260. The Morgan fingerprint density at radius 1 is 1.38 bits per heavy atom. The molecule has 5 nitrogen and oxygen atoms in total. The van der Waals surface area contributed by atoms with Crippen molar-refractivity contribution < 1.29 is 4.39 Å². The van der Waals surface area contributed by atoms with Crippen LogP contribution >= 0.6 is 0 Å². The Bertz CT molecular complexity index is 664. The summed E-state index contributed by atoms with van der Waals surface area (Å²) in [5.74, 6) is 0.717. The van der Waals surface area contributed by atoms with Gasteiger partial charge in [-0.15, -0.1) is 0 Å². The third kappa shape index (κ3) is 3.87. The maximum absolute atomic E-state index is 14.4. The van der Waals surface area contributed by atoms with Crippen LogP contribution in [-0.2, 0) is 13.0 Å². The molecule has 0 spiro atoms. The van der Waals surface area contributed by atoms with Crippen LogP contribution in [0.3, 0.4) is 0 Å². The largest absolute Gasteiger partial charge is 0.354 e. The van der Waals surface area contributed by atoms with E-state index in [0.717, 1.165) is 32.6 Å². The van der Waals surface area contributed by atoms with Gasteiger partial charge in [0.05, 0.1) is 5.69 Å². The van der Waals surface area contributed by atoms with E-state index < -0.39 is 0 Å². The van der Waals surface area contributed by atoms with Gasteiger partial charge in [0, 0.05) is 38.6 Å². The second kappa shape index (κ2) is 7.66. The first-order chi connectivity index (χ1) is 11.7. The third-order valence-electron chi connectivity index (χ3n) is 4.51. The molecule has 0 N–H and O–H groups in total. The maximum atomic E-state index is 14.4. The minimum absolute atomic E-state index is 0.260. The summed E-state index contributed by atoms with van der Waals surface area (Å²) < 4.78 is 14.4.